The molecule has 0 spiro atoms. The Morgan fingerprint density at radius 1 is 0.900 bits per heavy atom. The molecule has 0 N–H and O–H groups in total. The number of fused-ring (bicyclic) bond motifs is 3. The van der Waals surface area contributed by atoms with Crippen LogP contribution >= 0.6 is 10.5 Å². The number of carbonyl (C=O) groups is 3. The van der Waals surface area contributed by atoms with Crippen LogP contribution in [0.3, 0.4) is 0 Å². The smallest absolute Gasteiger partial charge is 0.344 e. The fraction of sp³-hybridized carbons (Fsp3) is 0.290. The molecule has 3 aromatic carbocycles. The van der Waals surface area contributed by atoms with Gasteiger partial charge in [0.2, 0.25) is 5.43 Å². The second-order valence-corrected chi connectivity index (χ2v) is 12.3. The molecule has 7 rings (SSSR count). The first-order valence-corrected chi connectivity index (χ1v) is 14.4. The Labute approximate surface area is 231 Å². The zero-order valence-electron chi connectivity index (χ0n) is 21.5. The van der Waals surface area contributed by atoms with Gasteiger partial charge >= 0.3 is 17.9 Å². The van der Waals surface area contributed by atoms with Crippen LogP contribution in [-0.4, -0.2) is 43.8 Å². The Balaban J connectivity index is 1.08. The molecule has 202 valence electrons. The first-order chi connectivity index (χ1) is 19.5. The first kappa shape index (κ1) is 24.8. The van der Waals surface area contributed by atoms with Gasteiger partial charge in [-0.05, 0) is 42.8 Å². The topological polar surface area (TPSA) is 105 Å². The van der Waals surface area contributed by atoms with Gasteiger partial charge in [-0.3, -0.25) is 14.4 Å². The first-order valence-electron chi connectivity index (χ1n) is 13.1. The highest BCUT2D eigenvalue weighted by Gasteiger charge is 2.70. The van der Waals surface area contributed by atoms with E-state index in [1.165, 1.54) is 7.11 Å². The molecule has 4 aromatic rings. The van der Waals surface area contributed by atoms with E-state index in [2.05, 4.69) is 0 Å². The molecule has 40 heavy (non-hydrogen) atoms. The zero-order valence-corrected chi connectivity index (χ0v) is 22.3. The van der Waals surface area contributed by atoms with Crippen LogP contribution < -0.4 is 10.2 Å². The van der Waals surface area contributed by atoms with Gasteiger partial charge in [0, 0.05) is 34.4 Å². The fourth-order valence-electron chi connectivity index (χ4n) is 6.79. The zero-order chi connectivity index (χ0) is 27.5. The lowest BCUT2D eigenvalue weighted by Gasteiger charge is -2.29. The third-order valence-corrected chi connectivity index (χ3v) is 10.7. The van der Waals surface area contributed by atoms with Crippen molar-refractivity contribution in [2.45, 2.75) is 18.6 Å². The average Bonchev–Trinajstić information content (AvgIpc) is 3.61. The summed E-state index contributed by atoms with van der Waals surface area (Å²) in [6, 6.07) is 22.9. The summed E-state index contributed by atoms with van der Waals surface area (Å²) in [4.78, 5) is 51.5. The normalized spacial score (nSPS) is 26.2. The van der Waals surface area contributed by atoms with Crippen molar-refractivity contribution in [3.63, 3.8) is 0 Å². The Morgan fingerprint density at radius 3 is 2.20 bits per heavy atom. The molecule has 8 nitrogen and oxygen atoms in total. The second kappa shape index (κ2) is 9.45. The number of ether oxygens (including phenoxy) is 4. The van der Waals surface area contributed by atoms with Crippen LogP contribution in [0.5, 0.6) is 5.75 Å². The summed E-state index contributed by atoms with van der Waals surface area (Å²) < 4.78 is 23.8. The molecule has 9 heteroatoms. The van der Waals surface area contributed by atoms with E-state index in [4.69, 9.17) is 18.9 Å². The summed E-state index contributed by atoms with van der Waals surface area (Å²) >= 11 is 0. The number of rotatable bonds is 6. The fourth-order valence-corrected chi connectivity index (χ4v) is 9.13. The predicted octanol–water partition coefficient (Wildman–Crippen LogP) is 4.36. The minimum atomic E-state index is -0.689. The number of carbonyl (C=O) groups excluding carboxylic acids is 3. The van der Waals surface area contributed by atoms with Gasteiger partial charge in [0.25, 0.3) is 0 Å². The third kappa shape index (κ3) is 3.71. The molecule has 1 saturated heterocycles. The Bertz CT molecular complexity index is 1680. The minimum absolute atomic E-state index is 0.0321. The summed E-state index contributed by atoms with van der Waals surface area (Å²) in [6.07, 6.45) is -0.632. The van der Waals surface area contributed by atoms with Crippen molar-refractivity contribution < 1.29 is 33.3 Å². The molecule has 6 unspecified atom stereocenters. The van der Waals surface area contributed by atoms with Gasteiger partial charge in [-0.25, -0.2) is 4.79 Å². The van der Waals surface area contributed by atoms with Crippen molar-refractivity contribution in [2.24, 2.45) is 23.7 Å². The van der Waals surface area contributed by atoms with E-state index in [9.17, 15) is 19.2 Å². The molecule has 3 fully saturated rings. The average molecular weight is 558 g/mol. The van der Waals surface area contributed by atoms with Crippen molar-refractivity contribution in [2.75, 3.05) is 13.7 Å². The Kier molecular flexibility index (Phi) is 5.85. The molecule has 2 bridgehead atoms. The molecular weight excluding hydrogens is 532 g/mol. The number of hydrogen-bond acceptors (Lipinski definition) is 8. The third-order valence-electron chi connectivity index (χ3n) is 8.41. The van der Waals surface area contributed by atoms with Crippen LogP contribution in [0.4, 0.5) is 0 Å². The van der Waals surface area contributed by atoms with E-state index < -0.39 is 52.4 Å². The maximum atomic E-state index is 13.1. The van der Waals surface area contributed by atoms with Crippen LogP contribution in [0, 0.1) is 23.7 Å². The van der Waals surface area contributed by atoms with Gasteiger partial charge in [-0.2, -0.15) is 0 Å². The lowest BCUT2D eigenvalue weighted by molar-refractivity contribution is -0.166. The van der Waals surface area contributed by atoms with Crippen molar-refractivity contribution >= 4 is 48.6 Å². The highest BCUT2D eigenvalue weighted by Crippen LogP contribution is 2.59. The highest BCUT2D eigenvalue weighted by molar-refractivity contribution is 7.49. The van der Waals surface area contributed by atoms with Crippen molar-refractivity contribution in [3.8, 4) is 10.6 Å². The number of esters is 3. The molecule has 0 radical (unpaired) electrons. The van der Waals surface area contributed by atoms with Gasteiger partial charge in [-0.15, -0.1) is 0 Å². The predicted molar refractivity (Wildman–Crippen MR) is 147 cm³/mol. The second-order valence-electron chi connectivity index (χ2n) is 10.4. The van der Waals surface area contributed by atoms with Gasteiger partial charge in [-0.1, -0.05) is 24.3 Å². The van der Waals surface area contributed by atoms with Crippen LogP contribution in [0.1, 0.15) is 6.42 Å². The standard InChI is InChI=1S/C31H25O8S/c1-36-30(34)25-20-14-21-26(25)31(35)39-29(21)28(20)38-24(32)15-37-16-10-12-17(13-11-16)40-22-8-4-2-6-18(22)27(33)19-7-3-5-9-23(19)40/h2-13,20-21,25-26,28-29H,14-15H2,1H3/q+1. The van der Waals surface area contributed by atoms with Gasteiger partial charge < -0.3 is 18.9 Å². The highest BCUT2D eigenvalue weighted by atomic mass is 32.2. The van der Waals surface area contributed by atoms with E-state index in [-0.39, 0.29) is 23.9 Å². The van der Waals surface area contributed by atoms with E-state index >= 15 is 0 Å². The molecule has 2 aliphatic carbocycles. The Morgan fingerprint density at radius 2 is 1.55 bits per heavy atom. The summed E-state index contributed by atoms with van der Waals surface area (Å²) in [5.41, 5.74) is 0.0321. The summed E-state index contributed by atoms with van der Waals surface area (Å²) in [5, 5.41) is 1.42. The molecule has 2 saturated carbocycles. The van der Waals surface area contributed by atoms with Crippen LogP contribution in [-0.2, 0) is 28.6 Å². The molecule has 1 aromatic heterocycles. The molecule has 1 aliphatic heterocycles. The van der Waals surface area contributed by atoms with Crippen LogP contribution in [0.15, 0.2) is 77.6 Å². The van der Waals surface area contributed by atoms with E-state index in [0.29, 0.717) is 22.9 Å². The summed E-state index contributed by atoms with van der Waals surface area (Å²) in [7, 11) is 0.826. The van der Waals surface area contributed by atoms with Crippen LogP contribution in [0.25, 0.3) is 25.1 Å². The van der Waals surface area contributed by atoms with Crippen molar-refractivity contribution in [1.29, 1.82) is 0 Å². The van der Waals surface area contributed by atoms with E-state index in [1.54, 1.807) is 12.1 Å². The lowest BCUT2D eigenvalue weighted by atomic mass is 9.78. The molecule has 2 heterocycles. The van der Waals surface area contributed by atoms with Crippen LogP contribution in [0.2, 0.25) is 0 Å². The lowest BCUT2D eigenvalue weighted by Crippen LogP contribution is -2.44. The SMILES string of the molecule is COC(=O)C1C2CC3C(OC(=O)C31)C2OC(=O)COc1ccc(-[s+]2c3ccccc3c(=O)c3ccccc32)cc1. The largest absolute Gasteiger partial charge is 0.482 e. The van der Waals surface area contributed by atoms with Gasteiger partial charge in [0.05, 0.1) is 29.7 Å². The molecule has 6 atom stereocenters. The molecular formula is C31H25O8S+. The maximum Gasteiger partial charge on any atom is 0.344 e. The van der Waals surface area contributed by atoms with E-state index in [0.717, 1.165) is 14.3 Å². The maximum absolute atomic E-state index is 13.1. The number of hydrogen-bond donors (Lipinski definition) is 0. The van der Waals surface area contributed by atoms with Gasteiger partial charge in [0.15, 0.2) is 20.9 Å². The monoisotopic (exact) mass is 557 g/mol. The molecule has 0 amide bonds. The number of benzene rings is 3. The quantitative estimate of drug-likeness (QED) is 0.149. The number of methoxy groups -OCH3 is 1. The summed E-state index contributed by atoms with van der Waals surface area (Å²) in [5.74, 6) is -2.62. The van der Waals surface area contributed by atoms with Crippen molar-refractivity contribution in [1.82, 2.24) is 0 Å². The van der Waals surface area contributed by atoms with E-state index in [1.807, 2.05) is 60.7 Å². The Hall–Kier alpha value is -4.24. The van der Waals surface area contributed by atoms with Crippen molar-refractivity contribution in [3.05, 3.63) is 83.0 Å². The summed E-state index contributed by atoms with van der Waals surface area (Å²) in [6.45, 7) is -0.327. The minimum Gasteiger partial charge on any atom is -0.482 e. The molecule has 3 aliphatic rings. The van der Waals surface area contributed by atoms with Gasteiger partial charge in [0.1, 0.15) is 18.0 Å².